The molecule has 0 bridgehead atoms. The maximum atomic E-state index is 5.30. The average molecular weight is 341 g/mol. The molecule has 6 nitrogen and oxygen atoms in total. The van der Waals surface area contributed by atoms with Crippen molar-refractivity contribution >= 4 is 5.95 Å². The van der Waals surface area contributed by atoms with Gasteiger partial charge in [0.05, 0.1) is 7.11 Å². The lowest BCUT2D eigenvalue weighted by Crippen LogP contribution is -2.45. The summed E-state index contributed by atoms with van der Waals surface area (Å²) in [6.45, 7) is 7.74. The Labute approximate surface area is 149 Å². The minimum absolute atomic E-state index is 0.758. The summed E-state index contributed by atoms with van der Waals surface area (Å²) in [6, 6.07) is 6.25. The summed E-state index contributed by atoms with van der Waals surface area (Å²) in [5, 5.41) is 3.45. The monoisotopic (exact) mass is 341 g/mol. The fraction of sp³-hybridized carbons (Fsp3) is 0.474. The predicted molar refractivity (Wildman–Crippen MR) is 100 cm³/mol. The molecule has 25 heavy (non-hydrogen) atoms. The van der Waals surface area contributed by atoms with Crippen molar-refractivity contribution in [2.45, 2.75) is 20.0 Å². The number of hydrogen-bond acceptors (Lipinski definition) is 6. The second-order valence-corrected chi connectivity index (χ2v) is 6.59. The summed E-state index contributed by atoms with van der Waals surface area (Å²) in [6.07, 6.45) is 3.85. The van der Waals surface area contributed by atoms with Crippen LogP contribution in [-0.4, -0.2) is 55.2 Å². The van der Waals surface area contributed by atoms with E-state index in [4.69, 9.17) is 4.74 Å². The fourth-order valence-corrected chi connectivity index (χ4v) is 3.01. The van der Waals surface area contributed by atoms with Gasteiger partial charge in [0.1, 0.15) is 5.75 Å². The molecule has 1 N–H and O–H groups in total. The largest absolute Gasteiger partial charge is 0.496 e. The number of nitrogens with one attached hydrogen (secondary N) is 1. The van der Waals surface area contributed by atoms with Crippen LogP contribution in [0.3, 0.4) is 0 Å². The maximum Gasteiger partial charge on any atom is 0.225 e. The van der Waals surface area contributed by atoms with Gasteiger partial charge in [-0.2, -0.15) is 0 Å². The number of hydrogen-bond donors (Lipinski definition) is 1. The zero-order chi connectivity index (χ0) is 17.6. The molecule has 1 aliphatic rings. The van der Waals surface area contributed by atoms with Crippen LogP contribution < -0.4 is 15.0 Å². The van der Waals surface area contributed by atoms with E-state index in [2.05, 4.69) is 51.2 Å². The zero-order valence-electron chi connectivity index (χ0n) is 15.3. The van der Waals surface area contributed by atoms with Crippen LogP contribution in [0.15, 0.2) is 30.6 Å². The van der Waals surface area contributed by atoms with E-state index < -0.39 is 0 Å². The third-order valence-electron chi connectivity index (χ3n) is 4.60. The Kier molecular flexibility index (Phi) is 5.83. The number of piperazine rings is 1. The Morgan fingerprint density at radius 1 is 1.04 bits per heavy atom. The Balaban J connectivity index is 1.49. The van der Waals surface area contributed by atoms with Crippen molar-refractivity contribution in [1.82, 2.24) is 20.2 Å². The van der Waals surface area contributed by atoms with E-state index in [0.717, 1.165) is 62.1 Å². The first-order valence-corrected chi connectivity index (χ1v) is 8.74. The van der Waals surface area contributed by atoms with E-state index in [1.807, 2.05) is 18.5 Å². The standard InChI is InChI=1S/C19H27N5O/c1-15-10-16(4-5-18(15)25-3)11-20-12-17-13-21-19(22-14-17)24-8-6-23(2)7-9-24/h4-5,10,13-14,20H,6-9,11-12H2,1-3H3. The summed E-state index contributed by atoms with van der Waals surface area (Å²) in [7, 11) is 3.85. The molecule has 1 saturated heterocycles. The molecule has 0 aliphatic carbocycles. The smallest absolute Gasteiger partial charge is 0.225 e. The molecule has 0 amide bonds. The third-order valence-corrected chi connectivity index (χ3v) is 4.60. The van der Waals surface area contributed by atoms with E-state index in [1.54, 1.807) is 7.11 Å². The van der Waals surface area contributed by atoms with Crippen molar-refractivity contribution in [2.24, 2.45) is 0 Å². The summed E-state index contributed by atoms with van der Waals surface area (Å²) in [4.78, 5) is 13.6. The Morgan fingerprint density at radius 2 is 1.72 bits per heavy atom. The number of nitrogens with zero attached hydrogens (tertiary/aromatic N) is 4. The normalized spacial score (nSPS) is 15.4. The Hall–Kier alpha value is -2.18. The zero-order valence-corrected chi connectivity index (χ0v) is 15.3. The SMILES string of the molecule is COc1ccc(CNCc2cnc(N3CCN(C)CC3)nc2)cc1C. The highest BCUT2D eigenvalue weighted by molar-refractivity contribution is 5.36. The van der Waals surface area contributed by atoms with Gasteiger partial charge in [-0.25, -0.2) is 9.97 Å². The number of benzene rings is 1. The lowest BCUT2D eigenvalue weighted by molar-refractivity contribution is 0.311. The molecule has 0 radical (unpaired) electrons. The highest BCUT2D eigenvalue weighted by Crippen LogP contribution is 2.18. The van der Waals surface area contributed by atoms with Gasteiger partial charge in [-0.15, -0.1) is 0 Å². The van der Waals surface area contributed by atoms with Crippen molar-refractivity contribution in [3.05, 3.63) is 47.3 Å². The molecule has 134 valence electrons. The molecule has 0 atom stereocenters. The van der Waals surface area contributed by atoms with Crippen molar-refractivity contribution in [2.75, 3.05) is 45.2 Å². The molecule has 1 fully saturated rings. The molecular weight excluding hydrogens is 314 g/mol. The van der Waals surface area contributed by atoms with E-state index >= 15 is 0 Å². The molecule has 0 unspecified atom stereocenters. The van der Waals surface area contributed by atoms with Crippen molar-refractivity contribution in [1.29, 1.82) is 0 Å². The van der Waals surface area contributed by atoms with Gasteiger partial charge in [0, 0.05) is 57.2 Å². The number of anilines is 1. The summed E-state index contributed by atoms with van der Waals surface area (Å²) < 4.78 is 5.30. The van der Waals surface area contributed by atoms with Gasteiger partial charge >= 0.3 is 0 Å². The van der Waals surface area contributed by atoms with Gasteiger partial charge in [0.2, 0.25) is 5.95 Å². The Bertz CT molecular complexity index is 681. The van der Waals surface area contributed by atoms with Crippen molar-refractivity contribution in [3.8, 4) is 5.75 Å². The molecule has 3 rings (SSSR count). The van der Waals surface area contributed by atoms with Gasteiger partial charge in [-0.05, 0) is 31.2 Å². The molecule has 1 aromatic heterocycles. The quantitative estimate of drug-likeness (QED) is 0.865. The summed E-state index contributed by atoms with van der Waals surface area (Å²) in [5.41, 5.74) is 3.50. The van der Waals surface area contributed by atoms with Gasteiger partial charge in [0.15, 0.2) is 0 Å². The maximum absolute atomic E-state index is 5.30. The van der Waals surface area contributed by atoms with Crippen LogP contribution in [0.2, 0.25) is 0 Å². The lowest BCUT2D eigenvalue weighted by atomic mass is 10.1. The molecule has 0 spiro atoms. The second kappa shape index (κ2) is 8.27. The van der Waals surface area contributed by atoms with Crippen molar-refractivity contribution in [3.63, 3.8) is 0 Å². The van der Waals surface area contributed by atoms with Crippen LogP contribution in [0, 0.1) is 6.92 Å². The molecule has 0 saturated carbocycles. The van der Waals surface area contributed by atoms with E-state index in [0.29, 0.717) is 0 Å². The number of ether oxygens (including phenoxy) is 1. The number of aromatic nitrogens is 2. The van der Waals surface area contributed by atoms with Gasteiger partial charge < -0.3 is 19.9 Å². The fourth-order valence-electron chi connectivity index (χ4n) is 3.01. The van der Waals surface area contributed by atoms with Crippen LogP contribution in [0.25, 0.3) is 0 Å². The topological polar surface area (TPSA) is 53.5 Å². The number of rotatable bonds is 6. The summed E-state index contributed by atoms with van der Waals surface area (Å²) in [5.74, 6) is 1.76. The molecule has 1 aliphatic heterocycles. The minimum Gasteiger partial charge on any atom is -0.496 e. The lowest BCUT2D eigenvalue weighted by Gasteiger charge is -2.32. The first-order chi connectivity index (χ1) is 12.2. The van der Waals surface area contributed by atoms with Gasteiger partial charge in [-0.3, -0.25) is 0 Å². The molecule has 6 heteroatoms. The van der Waals surface area contributed by atoms with Gasteiger partial charge in [0.25, 0.3) is 0 Å². The first-order valence-electron chi connectivity index (χ1n) is 8.74. The number of aryl methyl sites for hydroxylation is 1. The molecule has 2 aromatic rings. The van der Waals surface area contributed by atoms with Crippen LogP contribution in [0.4, 0.5) is 5.95 Å². The van der Waals surface area contributed by atoms with Gasteiger partial charge in [-0.1, -0.05) is 12.1 Å². The van der Waals surface area contributed by atoms with Crippen LogP contribution in [0.5, 0.6) is 5.75 Å². The molecular formula is C19H27N5O. The van der Waals surface area contributed by atoms with E-state index in [-0.39, 0.29) is 0 Å². The minimum atomic E-state index is 0.758. The highest BCUT2D eigenvalue weighted by Gasteiger charge is 2.15. The van der Waals surface area contributed by atoms with Crippen LogP contribution in [0.1, 0.15) is 16.7 Å². The number of likely N-dealkylation sites (N-methyl/N-ethyl adjacent to an activating group) is 1. The Morgan fingerprint density at radius 3 is 2.36 bits per heavy atom. The molecule has 2 heterocycles. The van der Waals surface area contributed by atoms with Crippen LogP contribution in [-0.2, 0) is 13.1 Å². The van der Waals surface area contributed by atoms with Crippen molar-refractivity contribution < 1.29 is 4.74 Å². The molecule has 1 aromatic carbocycles. The van der Waals surface area contributed by atoms with E-state index in [1.165, 1.54) is 5.56 Å². The summed E-state index contributed by atoms with van der Waals surface area (Å²) >= 11 is 0. The second-order valence-electron chi connectivity index (χ2n) is 6.59. The first kappa shape index (κ1) is 17.6. The third kappa shape index (κ3) is 4.67. The average Bonchev–Trinajstić information content (AvgIpc) is 2.63. The number of methoxy groups -OCH3 is 1. The predicted octanol–water partition coefficient (Wildman–Crippen LogP) is 1.84. The van der Waals surface area contributed by atoms with Crippen LogP contribution >= 0.6 is 0 Å². The highest BCUT2D eigenvalue weighted by atomic mass is 16.5. The van der Waals surface area contributed by atoms with E-state index in [9.17, 15) is 0 Å².